The van der Waals surface area contributed by atoms with E-state index in [0.29, 0.717) is 39.2 Å². The summed E-state index contributed by atoms with van der Waals surface area (Å²) in [4.78, 5) is 28.8. The maximum absolute atomic E-state index is 14.1. The van der Waals surface area contributed by atoms with E-state index in [0.717, 1.165) is 17.1 Å². The summed E-state index contributed by atoms with van der Waals surface area (Å²) in [5.41, 5.74) is 1.41. The Bertz CT molecular complexity index is 1470. The Morgan fingerprint density at radius 1 is 0.902 bits per heavy atom. The summed E-state index contributed by atoms with van der Waals surface area (Å²) in [6, 6.07) is 16.9. The number of hydrogen-bond acceptors (Lipinski definition) is 4. The summed E-state index contributed by atoms with van der Waals surface area (Å²) in [6.45, 7) is 5.44. The van der Waals surface area contributed by atoms with Crippen LogP contribution in [0.15, 0.2) is 71.6 Å². The monoisotopic (exact) mass is 637 g/mol. The van der Waals surface area contributed by atoms with Crippen LogP contribution in [-0.4, -0.2) is 44.3 Å². The van der Waals surface area contributed by atoms with Crippen LogP contribution in [0.3, 0.4) is 0 Å². The average Bonchev–Trinajstić information content (AvgIpc) is 2.95. The van der Waals surface area contributed by atoms with Gasteiger partial charge in [0.1, 0.15) is 12.6 Å². The second kappa shape index (κ2) is 14.9. The predicted molar refractivity (Wildman–Crippen MR) is 166 cm³/mol. The summed E-state index contributed by atoms with van der Waals surface area (Å²) in [5.74, 6) is -0.877. The number of rotatable bonds is 13. The Balaban J connectivity index is 2.08. The zero-order chi connectivity index (χ0) is 30.2. The largest absolute Gasteiger partial charge is 0.354 e. The van der Waals surface area contributed by atoms with Crippen molar-refractivity contribution in [2.45, 2.75) is 57.5 Å². The minimum absolute atomic E-state index is 0.0170. The fourth-order valence-electron chi connectivity index (χ4n) is 4.36. The summed E-state index contributed by atoms with van der Waals surface area (Å²) >= 11 is 18.7. The SMILES string of the molecule is CCCCNC(=O)C(CC)N(Cc1ccc(Cl)c(Cl)c1)C(=O)CN(c1cccc(Cl)c1C)S(=O)(=O)c1ccccc1. The van der Waals surface area contributed by atoms with Gasteiger partial charge in [-0.1, -0.05) is 85.4 Å². The number of amides is 2. The molecule has 0 saturated heterocycles. The van der Waals surface area contributed by atoms with Crippen molar-refractivity contribution < 1.29 is 18.0 Å². The van der Waals surface area contributed by atoms with Gasteiger partial charge in [-0.05, 0) is 67.3 Å². The Labute approximate surface area is 257 Å². The highest BCUT2D eigenvalue weighted by molar-refractivity contribution is 7.92. The molecule has 41 heavy (non-hydrogen) atoms. The van der Waals surface area contributed by atoms with Crippen LogP contribution in [0.5, 0.6) is 0 Å². The summed E-state index contributed by atoms with van der Waals surface area (Å²) in [6.07, 6.45) is 2.00. The lowest BCUT2D eigenvalue weighted by Crippen LogP contribution is -2.52. The van der Waals surface area contributed by atoms with Crippen molar-refractivity contribution in [2.75, 3.05) is 17.4 Å². The van der Waals surface area contributed by atoms with Gasteiger partial charge in [0.05, 0.1) is 20.6 Å². The van der Waals surface area contributed by atoms with E-state index in [9.17, 15) is 18.0 Å². The van der Waals surface area contributed by atoms with Crippen molar-refractivity contribution in [1.29, 1.82) is 0 Å². The molecule has 0 aromatic heterocycles. The summed E-state index contributed by atoms with van der Waals surface area (Å²) in [7, 11) is -4.19. The maximum atomic E-state index is 14.1. The van der Waals surface area contributed by atoms with Gasteiger partial charge < -0.3 is 10.2 Å². The highest BCUT2D eigenvalue weighted by atomic mass is 35.5. The highest BCUT2D eigenvalue weighted by Gasteiger charge is 2.34. The highest BCUT2D eigenvalue weighted by Crippen LogP contribution is 2.31. The third-order valence-corrected chi connectivity index (χ3v) is 9.59. The number of unbranched alkanes of at least 4 members (excludes halogenated alkanes) is 1. The van der Waals surface area contributed by atoms with Crippen LogP contribution in [0.25, 0.3) is 0 Å². The molecule has 0 spiro atoms. The van der Waals surface area contributed by atoms with Gasteiger partial charge >= 0.3 is 0 Å². The third kappa shape index (κ3) is 8.16. The second-order valence-corrected chi connectivity index (χ2v) is 12.6. The standard InChI is InChI=1S/C30H34Cl3N3O4S/c1-4-6-17-34-30(38)27(5-2)35(19-22-15-16-25(32)26(33)18-22)29(37)20-36(28-14-10-13-24(31)21(28)3)41(39,40)23-11-8-7-9-12-23/h7-16,18,27H,4-6,17,19-20H2,1-3H3,(H,34,38). The van der Waals surface area contributed by atoms with Crippen LogP contribution in [0, 0.1) is 6.92 Å². The Hall–Kier alpha value is -2.78. The first kappa shape index (κ1) is 32.7. The van der Waals surface area contributed by atoms with Crippen molar-refractivity contribution in [1.82, 2.24) is 10.2 Å². The number of sulfonamides is 1. The molecule has 11 heteroatoms. The van der Waals surface area contributed by atoms with Crippen molar-refractivity contribution >= 4 is 62.3 Å². The molecular formula is C30H34Cl3N3O4S. The van der Waals surface area contributed by atoms with Gasteiger partial charge in [0.15, 0.2) is 0 Å². The quantitative estimate of drug-likeness (QED) is 0.207. The molecular weight excluding hydrogens is 605 g/mol. The number of nitrogens with one attached hydrogen (secondary N) is 1. The number of carbonyl (C=O) groups excluding carboxylic acids is 2. The smallest absolute Gasteiger partial charge is 0.264 e. The van der Waals surface area contributed by atoms with Gasteiger partial charge in [-0.2, -0.15) is 0 Å². The lowest BCUT2D eigenvalue weighted by molar-refractivity contribution is -0.140. The van der Waals surface area contributed by atoms with E-state index >= 15 is 0 Å². The Kier molecular flexibility index (Phi) is 11.9. The van der Waals surface area contributed by atoms with E-state index in [4.69, 9.17) is 34.8 Å². The zero-order valence-corrected chi connectivity index (χ0v) is 26.3. The first-order valence-corrected chi connectivity index (χ1v) is 15.9. The molecule has 0 fully saturated rings. The molecule has 3 aromatic rings. The van der Waals surface area contributed by atoms with Gasteiger partial charge in [-0.15, -0.1) is 0 Å². The number of benzene rings is 3. The number of hydrogen-bond donors (Lipinski definition) is 1. The first-order valence-electron chi connectivity index (χ1n) is 13.3. The molecule has 0 radical (unpaired) electrons. The minimum Gasteiger partial charge on any atom is -0.354 e. The molecule has 0 aliphatic rings. The summed E-state index contributed by atoms with van der Waals surface area (Å²) in [5, 5.41) is 3.92. The van der Waals surface area contributed by atoms with Crippen LogP contribution < -0.4 is 9.62 Å². The molecule has 3 aromatic carbocycles. The molecule has 0 heterocycles. The molecule has 1 N–H and O–H groups in total. The van der Waals surface area contributed by atoms with Gasteiger partial charge in [0.2, 0.25) is 11.8 Å². The van der Waals surface area contributed by atoms with E-state index in [1.54, 1.807) is 68.4 Å². The minimum atomic E-state index is -4.19. The van der Waals surface area contributed by atoms with Crippen LogP contribution in [-0.2, 0) is 26.2 Å². The van der Waals surface area contributed by atoms with Gasteiger partial charge in [0.25, 0.3) is 10.0 Å². The Morgan fingerprint density at radius 3 is 2.24 bits per heavy atom. The molecule has 7 nitrogen and oxygen atoms in total. The zero-order valence-electron chi connectivity index (χ0n) is 23.2. The topological polar surface area (TPSA) is 86.8 Å². The lowest BCUT2D eigenvalue weighted by Gasteiger charge is -2.33. The van der Waals surface area contributed by atoms with Gasteiger partial charge in [-0.3, -0.25) is 13.9 Å². The van der Waals surface area contributed by atoms with E-state index in [2.05, 4.69) is 5.32 Å². The number of halogens is 3. The van der Waals surface area contributed by atoms with Crippen molar-refractivity contribution in [2.24, 2.45) is 0 Å². The van der Waals surface area contributed by atoms with Crippen LogP contribution >= 0.6 is 34.8 Å². The fraction of sp³-hybridized carbons (Fsp3) is 0.333. The lowest BCUT2D eigenvalue weighted by atomic mass is 10.1. The average molecular weight is 639 g/mol. The fourth-order valence-corrected chi connectivity index (χ4v) is 6.34. The molecule has 1 unspecified atom stereocenters. The molecule has 0 aliphatic carbocycles. The molecule has 0 saturated carbocycles. The molecule has 0 aliphatic heterocycles. The second-order valence-electron chi connectivity index (χ2n) is 9.55. The molecule has 220 valence electrons. The van der Waals surface area contributed by atoms with E-state index in [1.807, 2.05) is 6.92 Å². The van der Waals surface area contributed by atoms with Crippen LogP contribution in [0.4, 0.5) is 5.69 Å². The van der Waals surface area contributed by atoms with Crippen molar-refractivity contribution in [3.63, 3.8) is 0 Å². The molecule has 1 atom stereocenters. The Morgan fingerprint density at radius 2 is 1.61 bits per heavy atom. The third-order valence-electron chi connectivity index (χ3n) is 6.67. The first-order chi connectivity index (χ1) is 19.5. The molecule has 2 amide bonds. The number of nitrogens with zero attached hydrogens (tertiary/aromatic N) is 2. The maximum Gasteiger partial charge on any atom is 0.264 e. The predicted octanol–water partition coefficient (Wildman–Crippen LogP) is 6.87. The van der Waals surface area contributed by atoms with Crippen LogP contribution in [0.1, 0.15) is 44.2 Å². The van der Waals surface area contributed by atoms with Crippen molar-refractivity contribution in [3.05, 3.63) is 92.9 Å². The molecule has 3 rings (SSSR count). The normalized spacial score (nSPS) is 12.0. The summed E-state index contributed by atoms with van der Waals surface area (Å²) < 4.78 is 28.9. The molecule has 0 bridgehead atoms. The number of anilines is 1. The number of carbonyl (C=O) groups is 2. The van der Waals surface area contributed by atoms with E-state index < -0.39 is 28.5 Å². The van der Waals surface area contributed by atoms with Gasteiger partial charge in [-0.25, -0.2) is 8.42 Å². The van der Waals surface area contributed by atoms with E-state index in [-0.39, 0.29) is 23.0 Å². The van der Waals surface area contributed by atoms with Crippen molar-refractivity contribution in [3.8, 4) is 0 Å². The van der Waals surface area contributed by atoms with Crippen LogP contribution in [0.2, 0.25) is 15.1 Å². The van der Waals surface area contributed by atoms with E-state index in [1.165, 1.54) is 17.0 Å². The van der Waals surface area contributed by atoms with Gasteiger partial charge in [0, 0.05) is 18.1 Å².